The molecule has 0 saturated carbocycles. The predicted molar refractivity (Wildman–Crippen MR) is 114 cm³/mol. The fourth-order valence-electron chi connectivity index (χ4n) is 4.97. The van der Waals surface area contributed by atoms with Gasteiger partial charge in [0.1, 0.15) is 12.6 Å². The highest BCUT2D eigenvalue weighted by atomic mass is 16.6. The number of carbonyl (C=O) groups excluding carboxylic acids is 2. The van der Waals surface area contributed by atoms with Crippen LogP contribution in [-0.2, 0) is 27.4 Å². The molecule has 162 valence electrons. The molecule has 1 unspecified atom stereocenters. The lowest BCUT2D eigenvalue weighted by molar-refractivity contribution is -0.152. The second-order valence-electron chi connectivity index (χ2n) is 8.86. The number of aromatic nitrogens is 4. The molecule has 0 aliphatic carbocycles. The van der Waals surface area contributed by atoms with Crippen LogP contribution in [0.4, 0.5) is 0 Å². The molecule has 2 aliphatic rings. The van der Waals surface area contributed by atoms with Crippen LogP contribution in [0.25, 0.3) is 11.0 Å². The van der Waals surface area contributed by atoms with Gasteiger partial charge in [-0.1, -0.05) is 12.1 Å². The summed E-state index contributed by atoms with van der Waals surface area (Å²) in [7, 11) is 0. The Morgan fingerprint density at radius 1 is 1.23 bits per heavy atom. The maximum atomic E-state index is 12.8. The standard InChI is InChI=1S/C23H27N5O3/c1-16-11-17(2)28(25-16)14-21(29)26-9-7-23(8-10-26)12-18(31-22(23)30)13-27-15-24-19-5-3-4-6-20(19)27/h3-6,11,15,18H,7-10,12-14H2,1-2H3. The number of rotatable bonds is 4. The summed E-state index contributed by atoms with van der Waals surface area (Å²) in [4.78, 5) is 31.8. The Morgan fingerprint density at radius 3 is 2.74 bits per heavy atom. The number of hydrogen-bond donors (Lipinski definition) is 0. The Bertz CT molecular complexity index is 1140. The minimum Gasteiger partial charge on any atom is -0.460 e. The molecule has 2 saturated heterocycles. The average molecular weight is 422 g/mol. The number of hydrogen-bond acceptors (Lipinski definition) is 5. The van der Waals surface area contributed by atoms with Crippen LogP contribution < -0.4 is 0 Å². The first-order valence-corrected chi connectivity index (χ1v) is 10.8. The largest absolute Gasteiger partial charge is 0.460 e. The molecule has 2 aromatic heterocycles. The van der Waals surface area contributed by atoms with Crippen molar-refractivity contribution in [2.45, 2.75) is 52.3 Å². The number of nitrogens with zero attached hydrogens (tertiary/aromatic N) is 5. The van der Waals surface area contributed by atoms with Gasteiger partial charge in [-0.05, 0) is 44.9 Å². The van der Waals surface area contributed by atoms with Gasteiger partial charge < -0.3 is 14.2 Å². The first-order valence-electron chi connectivity index (χ1n) is 10.8. The molecule has 4 heterocycles. The normalized spacial score (nSPS) is 20.5. The molecular weight excluding hydrogens is 394 g/mol. The molecule has 5 rings (SSSR count). The Morgan fingerprint density at radius 2 is 2.00 bits per heavy atom. The summed E-state index contributed by atoms with van der Waals surface area (Å²) in [6.45, 7) is 5.88. The van der Waals surface area contributed by atoms with Crippen LogP contribution in [0.15, 0.2) is 36.7 Å². The number of esters is 1. The van der Waals surface area contributed by atoms with Gasteiger partial charge in [-0.2, -0.15) is 5.10 Å². The zero-order valence-corrected chi connectivity index (χ0v) is 18.0. The third-order valence-electron chi connectivity index (χ3n) is 6.71. The van der Waals surface area contributed by atoms with E-state index in [4.69, 9.17) is 4.74 Å². The highest BCUT2D eigenvalue weighted by molar-refractivity contribution is 5.81. The summed E-state index contributed by atoms with van der Waals surface area (Å²) >= 11 is 0. The summed E-state index contributed by atoms with van der Waals surface area (Å²) in [5, 5.41) is 4.38. The SMILES string of the molecule is Cc1cc(C)n(CC(=O)N2CCC3(CC2)CC(Cn2cnc4ccccc42)OC3=O)n1. The summed E-state index contributed by atoms with van der Waals surface area (Å²) in [5.74, 6) is -0.0681. The van der Waals surface area contributed by atoms with Crippen molar-refractivity contribution in [3.05, 3.63) is 48.0 Å². The van der Waals surface area contributed by atoms with E-state index in [0.29, 0.717) is 38.9 Å². The number of fused-ring (bicyclic) bond motifs is 1. The fourth-order valence-corrected chi connectivity index (χ4v) is 4.97. The van der Waals surface area contributed by atoms with Crippen molar-refractivity contribution < 1.29 is 14.3 Å². The highest BCUT2D eigenvalue weighted by Crippen LogP contribution is 2.43. The van der Waals surface area contributed by atoms with Crippen LogP contribution in [0.3, 0.4) is 0 Å². The van der Waals surface area contributed by atoms with Gasteiger partial charge in [0, 0.05) is 25.2 Å². The molecule has 2 fully saturated rings. The molecule has 3 aromatic rings. The third kappa shape index (κ3) is 3.60. The molecule has 8 nitrogen and oxygen atoms in total. The topological polar surface area (TPSA) is 82.3 Å². The molecule has 31 heavy (non-hydrogen) atoms. The molecule has 1 atom stereocenters. The van der Waals surface area contributed by atoms with Crippen LogP contribution >= 0.6 is 0 Å². The molecular formula is C23H27N5O3. The maximum Gasteiger partial charge on any atom is 0.312 e. The van der Waals surface area contributed by atoms with Crippen LogP contribution in [0.1, 0.15) is 30.7 Å². The van der Waals surface area contributed by atoms with Crippen LogP contribution in [0.5, 0.6) is 0 Å². The van der Waals surface area contributed by atoms with E-state index in [1.54, 1.807) is 4.68 Å². The minimum absolute atomic E-state index is 0.0499. The van der Waals surface area contributed by atoms with Gasteiger partial charge in [0.2, 0.25) is 5.91 Å². The van der Waals surface area contributed by atoms with Crippen molar-refractivity contribution >= 4 is 22.9 Å². The number of carbonyl (C=O) groups is 2. The van der Waals surface area contributed by atoms with Gasteiger partial charge in [-0.15, -0.1) is 0 Å². The molecule has 2 aliphatic heterocycles. The zero-order valence-electron chi connectivity index (χ0n) is 18.0. The van der Waals surface area contributed by atoms with Gasteiger partial charge in [0.05, 0.1) is 35.0 Å². The Labute approximate surface area is 180 Å². The van der Waals surface area contributed by atoms with Crippen molar-refractivity contribution in [2.24, 2.45) is 5.41 Å². The van der Waals surface area contributed by atoms with E-state index in [2.05, 4.69) is 14.6 Å². The summed E-state index contributed by atoms with van der Waals surface area (Å²) in [5.41, 5.74) is 3.40. The van der Waals surface area contributed by atoms with Gasteiger partial charge in [0.15, 0.2) is 0 Å². The highest BCUT2D eigenvalue weighted by Gasteiger charge is 2.50. The smallest absolute Gasteiger partial charge is 0.312 e. The number of amides is 1. The van der Waals surface area contributed by atoms with Crippen LogP contribution in [0.2, 0.25) is 0 Å². The molecule has 0 N–H and O–H groups in total. The van der Waals surface area contributed by atoms with Crippen LogP contribution in [-0.4, -0.2) is 55.3 Å². The zero-order chi connectivity index (χ0) is 21.6. The van der Waals surface area contributed by atoms with E-state index in [9.17, 15) is 9.59 Å². The van der Waals surface area contributed by atoms with E-state index in [1.165, 1.54) is 0 Å². The monoisotopic (exact) mass is 421 g/mol. The first-order chi connectivity index (χ1) is 14.9. The van der Waals surface area contributed by atoms with Gasteiger partial charge in [0.25, 0.3) is 0 Å². The summed E-state index contributed by atoms with van der Waals surface area (Å²) < 4.78 is 9.58. The second kappa shape index (κ2) is 7.51. The number of imidazole rings is 1. The second-order valence-corrected chi connectivity index (χ2v) is 8.86. The first kappa shape index (κ1) is 19.8. The lowest BCUT2D eigenvalue weighted by atomic mass is 9.76. The van der Waals surface area contributed by atoms with E-state index < -0.39 is 5.41 Å². The summed E-state index contributed by atoms with van der Waals surface area (Å²) in [6, 6.07) is 9.93. The number of ether oxygens (including phenoxy) is 1. The number of benzene rings is 1. The lowest BCUT2D eigenvalue weighted by Crippen LogP contribution is -2.46. The van der Waals surface area contributed by atoms with E-state index in [1.807, 2.05) is 55.4 Å². The molecule has 1 amide bonds. The number of aryl methyl sites for hydroxylation is 2. The van der Waals surface area contributed by atoms with Crippen molar-refractivity contribution in [3.63, 3.8) is 0 Å². The van der Waals surface area contributed by atoms with Crippen molar-refractivity contribution in [2.75, 3.05) is 13.1 Å². The molecule has 0 bridgehead atoms. The van der Waals surface area contributed by atoms with Crippen LogP contribution in [0, 0.1) is 19.3 Å². The van der Waals surface area contributed by atoms with Crippen molar-refractivity contribution in [1.29, 1.82) is 0 Å². The lowest BCUT2D eigenvalue weighted by Gasteiger charge is -2.36. The molecule has 0 radical (unpaired) electrons. The van der Waals surface area contributed by atoms with E-state index in [0.717, 1.165) is 22.4 Å². The third-order valence-corrected chi connectivity index (χ3v) is 6.71. The molecule has 8 heteroatoms. The van der Waals surface area contributed by atoms with Crippen molar-refractivity contribution in [1.82, 2.24) is 24.2 Å². The van der Waals surface area contributed by atoms with Crippen molar-refractivity contribution in [3.8, 4) is 0 Å². The summed E-state index contributed by atoms with van der Waals surface area (Å²) in [6.07, 6.45) is 3.63. The van der Waals surface area contributed by atoms with Gasteiger partial charge in [-0.25, -0.2) is 4.98 Å². The Balaban J connectivity index is 1.21. The Kier molecular flexibility index (Phi) is 4.79. The average Bonchev–Trinajstić information content (AvgIpc) is 3.39. The predicted octanol–water partition coefficient (Wildman–Crippen LogP) is 2.47. The maximum absolute atomic E-state index is 12.8. The van der Waals surface area contributed by atoms with E-state index >= 15 is 0 Å². The number of cyclic esters (lactones) is 1. The number of likely N-dealkylation sites (tertiary alicyclic amines) is 1. The fraction of sp³-hybridized carbons (Fsp3) is 0.478. The Hall–Kier alpha value is -3.16. The molecule has 1 aromatic carbocycles. The van der Waals surface area contributed by atoms with E-state index in [-0.39, 0.29) is 24.5 Å². The quantitative estimate of drug-likeness (QED) is 0.605. The number of piperidine rings is 1. The van der Waals surface area contributed by atoms with Gasteiger partial charge >= 0.3 is 5.97 Å². The van der Waals surface area contributed by atoms with Gasteiger partial charge in [-0.3, -0.25) is 14.3 Å². The minimum atomic E-state index is -0.476. The number of para-hydroxylation sites is 2. The molecule has 1 spiro atoms.